The molecule has 3 rings (SSSR count). The molecule has 2 heterocycles. The smallest absolute Gasteiger partial charge is 0.231 e. The number of amides is 1. The summed E-state index contributed by atoms with van der Waals surface area (Å²) >= 11 is 0. The van der Waals surface area contributed by atoms with Crippen molar-refractivity contribution in [1.29, 1.82) is 0 Å². The van der Waals surface area contributed by atoms with Crippen molar-refractivity contribution in [3.05, 3.63) is 53.9 Å². The summed E-state index contributed by atoms with van der Waals surface area (Å²) in [4.78, 5) is 18.0. The Kier molecular flexibility index (Phi) is 3.01. The maximum atomic E-state index is 12.2. The number of aryl methyl sites for hydroxylation is 1. The van der Waals surface area contributed by atoms with Gasteiger partial charge in [0.2, 0.25) is 5.91 Å². The molecular formula is C15H15N3O. The van der Waals surface area contributed by atoms with Crippen molar-refractivity contribution in [2.75, 3.05) is 4.90 Å². The summed E-state index contributed by atoms with van der Waals surface area (Å²) in [6.45, 7) is 0.522. The molecule has 0 fully saturated rings. The molecule has 0 saturated carbocycles. The van der Waals surface area contributed by atoms with Gasteiger partial charge in [-0.15, -0.1) is 0 Å². The first-order valence-electron chi connectivity index (χ1n) is 6.34. The Morgan fingerprint density at radius 2 is 2.16 bits per heavy atom. The van der Waals surface area contributed by atoms with E-state index in [0.29, 0.717) is 13.0 Å². The number of benzene rings is 1. The van der Waals surface area contributed by atoms with Crippen LogP contribution in [0.5, 0.6) is 0 Å². The number of hydrogen-bond acceptors (Lipinski definition) is 3. The highest BCUT2D eigenvalue weighted by atomic mass is 16.2. The van der Waals surface area contributed by atoms with Gasteiger partial charge in [-0.25, -0.2) is 0 Å². The molecule has 2 aromatic rings. The highest BCUT2D eigenvalue weighted by Crippen LogP contribution is 2.34. The minimum absolute atomic E-state index is 0.112. The lowest BCUT2D eigenvalue weighted by atomic mass is 9.98. The number of aromatic nitrogens is 1. The maximum absolute atomic E-state index is 12.2. The van der Waals surface area contributed by atoms with E-state index in [9.17, 15) is 4.79 Å². The van der Waals surface area contributed by atoms with Crippen LogP contribution in [0.2, 0.25) is 0 Å². The van der Waals surface area contributed by atoms with Gasteiger partial charge in [0, 0.05) is 19.2 Å². The van der Waals surface area contributed by atoms with Crippen molar-refractivity contribution >= 4 is 17.3 Å². The first-order valence-corrected chi connectivity index (χ1v) is 6.34. The predicted molar refractivity (Wildman–Crippen MR) is 74.0 cm³/mol. The molecule has 1 aliphatic rings. The van der Waals surface area contributed by atoms with Crippen LogP contribution in [0, 0.1) is 0 Å². The summed E-state index contributed by atoms with van der Waals surface area (Å²) in [7, 11) is 0. The van der Waals surface area contributed by atoms with Gasteiger partial charge in [0.15, 0.2) is 0 Å². The van der Waals surface area contributed by atoms with Gasteiger partial charge in [0.25, 0.3) is 0 Å². The van der Waals surface area contributed by atoms with Gasteiger partial charge in [0.05, 0.1) is 17.6 Å². The van der Waals surface area contributed by atoms with Gasteiger partial charge in [-0.2, -0.15) is 0 Å². The van der Waals surface area contributed by atoms with Gasteiger partial charge in [-0.1, -0.05) is 12.1 Å². The molecule has 4 nitrogen and oxygen atoms in total. The highest BCUT2D eigenvalue weighted by molar-refractivity contribution is 6.02. The Labute approximate surface area is 111 Å². The third kappa shape index (κ3) is 2.11. The second-order valence-electron chi connectivity index (χ2n) is 4.61. The average Bonchev–Trinajstić information content (AvgIpc) is 2.47. The molecule has 2 N–H and O–H groups in total. The van der Waals surface area contributed by atoms with E-state index in [0.717, 1.165) is 23.4 Å². The normalized spacial score (nSPS) is 14.4. The van der Waals surface area contributed by atoms with E-state index >= 15 is 0 Å². The predicted octanol–water partition coefficient (Wildman–Crippen LogP) is 2.15. The van der Waals surface area contributed by atoms with E-state index in [-0.39, 0.29) is 5.91 Å². The summed E-state index contributed by atoms with van der Waals surface area (Å²) in [5.41, 5.74) is 9.69. The van der Waals surface area contributed by atoms with Crippen LogP contribution >= 0.6 is 0 Å². The first kappa shape index (κ1) is 11.9. The molecule has 19 heavy (non-hydrogen) atoms. The lowest BCUT2D eigenvalue weighted by molar-refractivity contribution is -0.118. The second-order valence-corrected chi connectivity index (χ2v) is 4.61. The van der Waals surface area contributed by atoms with Crippen molar-refractivity contribution < 1.29 is 4.79 Å². The third-order valence-corrected chi connectivity index (χ3v) is 3.38. The van der Waals surface area contributed by atoms with Gasteiger partial charge in [-0.3, -0.25) is 14.7 Å². The van der Waals surface area contributed by atoms with Crippen molar-refractivity contribution in [1.82, 2.24) is 4.98 Å². The molecule has 0 unspecified atom stereocenters. The first-order chi connectivity index (χ1) is 9.29. The number of fused-ring (bicyclic) bond motifs is 1. The molecule has 0 bridgehead atoms. The molecule has 96 valence electrons. The number of pyridine rings is 1. The van der Waals surface area contributed by atoms with Crippen LogP contribution in [-0.2, 0) is 17.8 Å². The average molecular weight is 253 g/mol. The van der Waals surface area contributed by atoms with Crippen LogP contribution in [0.15, 0.2) is 42.7 Å². The van der Waals surface area contributed by atoms with E-state index in [2.05, 4.69) is 11.1 Å². The molecule has 1 aromatic heterocycles. The van der Waals surface area contributed by atoms with Crippen molar-refractivity contribution in [2.24, 2.45) is 5.73 Å². The maximum Gasteiger partial charge on any atom is 0.231 e. The van der Waals surface area contributed by atoms with Gasteiger partial charge < -0.3 is 5.73 Å². The summed E-state index contributed by atoms with van der Waals surface area (Å²) in [6, 6.07) is 9.77. The van der Waals surface area contributed by atoms with Crippen molar-refractivity contribution in [3.63, 3.8) is 0 Å². The fraction of sp³-hybridized carbons (Fsp3) is 0.200. The molecule has 0 aliphatic carbocycles. The molecule has 0 atom stereocenters. The number of carbonyl (C=O) groups excluding carboxylic acids is 1. The van der Waals surface area contributed by atoms with E-state index in [1.807, 2.05) is 24.3 Å². The summed E-state index contributed by atoms with van der Waals surface area (Å²) in [5.74, 6) is 0.112. The molecule has 1 amide bonds. The zero-order valence-corrected chi connectivity index (χ0v) is 10.5. The Morgan fingerprint density at radius 1 is 1.26 bits per heavy atom. The minimum atomic E-state index is 0.112. The van der Waals surface area contributed by atoms with Crippen molar-refractivity contribution in [3.8, 4) is 0 Å². The van der Waals surface area contributed by atoms with Gasteiger partial charge >= 0.3 is 0 Å². The minimum Gasteiger partial charge on any atom is -0.326 e. The van der Waals surface area contributed by atoms with Crippen molar-refractivity contribution in [2.45, 2.75) is 19.4 Å². The molecular weight excluding hydrogens is 238 g/mol. The fourth-order valence-corrected chi connectivity index (χ4v) is 2.44. The van der Waals surface area contributed by atoms with Gasteiger partial charge in [-0.05, 0) is 35.7 Å². The van der Waals surface area contributed by atoms with E-state index in [4.69, 9.17) is 5.73 Å². The number of rotatable bonds is 2. The zero-order valence-electron chi connectivity index (χ0n) is 10.5. The molecule has 0 saturated heterocycles. The number of carbonyl (C=O) groups is 1. The number of nitrogens with zero attached hydrogens (tertiary/aromatic N) is 2. The second kappa shape index (κ2) is 4.82. The lowest BCUT2D eigenvalue weighted by Gasteiger charge is -2.29. The third-order valence-electron chi connectivity index (χ3n) is 3.38. The molecule has 4 heteroatoms. The Hall–Kier alpha value is -2.20. The highest BCUT2D eigenvalue weighted by Gasteiger charge is 2.25. The summed E-state index contributed by atoms with van der Waals surface area (Å²) < 4.78 is 0. The Morgan fingerprint density at radius 3 is 2.89 bits per heavy atom. The largest absolute Gasteiger partial charge is 0.326 e. The number of hydrogen-bond donors (Lipinski definition) is 1. The van der Waals surface area contributed by atoms with Crippen LogP contribution in [0.25, 0.3) is 0 Å². The zero-order chi connectivity index (χ0) is 13.2. The van der Waals surface area contributed by atoms with E-state index in [1.165, 1.54) is 5.56 Å². The molecule has 0 spiro atoms. The van der Waals surface area contributed by atoms with Crippen LogP contribution in [-0.4, -0.2) is 10.9 Å². The fourth-order valence-electron chi connectivity index (χ4n) is 2.44. The van der Waals surface area contributed by atoms with Crippen LogP contribution < -0.4 is 10.6 Å². The van der Waals surface area contributed by atoms with E-state index < -0.39 is 0 Å². The standard InChI is InChI=1S/C15H15N3O/c16-9-11-3-5-14-12(8-11)4-6-15(19)18(14)13-2-1-7-17-10-13/h1-3,5,7-8,10H,4,6,9,16H2. The summed E-state index contributed by atoms with van der Waals surface area (Å²) in [5, 5.41) is 0. The molecule has 1 aromatic carbocycles. The topological polar surface area (TPSA) is 59.2 Å². The molecule has 0 radical (unpaired) electrons. The Bertz CT molecular complexity index is 610. The number of anilines is 2. The summed E-state index contributed by atoms with van der Waals surface area (Å²) in [6.07, 6.45) is 4.72. The van der Waals surface area contributed by atoms with Crippen LogP contribution in [0.4, 0.5) is 11.4 Å². The van der Waals surface area contributed by atoms with Gasteiger partial charge in [0.1, 0.15) is 0 Å². The SMILES string of the molecule is NCc1ccc2c(c1)CCC(=O)N2c1cccnc1. The van der Waals surface area contributed by atoms with Crippen LogP contribution in [0.3, 0.4) is 0 Å². The number of nitrogens with two attached hydrogens (primary N) is 1. The van der Waals surface area contributed by atoms with E-state index in [1.54, 1.807) is 17.3 Å². The monoisotopic (exact) mass is 253 g/mol. The van der Waals surface area contributed by atoms with Crippen LogP contribution in [0.1, 0.15) is 17.5 Å². The lowest BCUT2D eigenvalue weighted by Crippen LogP contribution is -2.30. The quantitative estimate of drug-likeness (QED) is 0.892. The Balaban J connectivity index is 2.09. The molecule has 1 aliphatic heterocycles.